The highest BCUT2D eigenvalue weighted by Gasteiger charge is 2.29. The Labute approximate surface area is 152 Å². The van der Waals surface area contributed by atoms with Gasteiger partial charge in [-0.3, -0.25) is 4.79 Å². The van der Waals surface area contributed by atoms with E-state index in [9.17, 15) is 22.8 Å². The topological polar surface area (TPSA) is 67.4 Å². The van der Waals surface area contributed by atoms with E-state index in [-0.39, 0.29) is 22.8 Å². The van der Waals surface area contributed by atoms with Crippen molar-refractivity contribution in [3.8, 4) is 0 Å². The van der Waals surface area contributed by atoms with Crippen LogP contribution in [0.2, 0.25) is 5.02 Å². The lowest BCUT2D eigenvalue weighted by molar-refractivity contribution is -0.137. The molecule has 138 valence electrons. The number of hydrogen-bond donors (Lipinski definition) is 2. The minimum absolute atomic E-state index is 0.204. The van der Waals surface area contributed by atoms with Crippen LogP contribution in [-0.4, -0.2) is 25.5 Å². The fourth-order valence-corrected chi connectivity index (χ4v) is 2.18. The Morgan fingerprint density at radius 2 is 1.77 bits per heavy atom. The summed E-state index contributed by atoms with van der Waals surface area (Å²) in [6.45, 7) is -0.204. The Morgan fingerprint density at radius 3 is 2.35 bits per heavy atom. The number of carbonyl (C=O) groups is 2. The molecular formula is C17H14ClF3N2O3. The van der Waals surface area contributed by atoms with Crippen LogP contribution >= 0.6 is 11.6 Å². The molecular weight excluding hydrogens is 373 g/mol. The van der Waals surface area contributed by atoms with Gasteiger partial charge < -0.3 is 15.4 Å². The van der Waals surface area contributed by atoms with Gasteiger partial charge in [0.15, 0.2) is 0 Å². The summed E-state index contributed by atoms with van der Waals surface area (Å²) >= 11 is 5.97. The van der Waals surface area contributed by atoms with Crippen molar-refractivity contribution in [2.24, 2.45) is 0 Å². The third-order valence-corrected chi connectivity index (χ3v) is 3.66. The van der Waals surface area contributed by atoms with Crippen LogP contribution in [0.3, 0.4) is 0 Å². The summed E-state index contributed by atoms with van der Waals surface area (Å²) in [4.78, 5) is 23.5. The van der Waals surface area contributed by atoms with Gasteiger partial charge in [-0.25, -0.2) is 4.79 Å². The van der Waals surface area contributed by atoms with Crippen LogP contribution in [0.5, 0.6) is 0 Å². The van der Waals surface area contributed by atoms with E-state index in [1.807, 2.05) is 0 Å². The Morgan fingerprint density at radius 1 is 1.12 bits per heavy atom. The van der Waals surface area contributed by atoms with Crippen molar-refractivity contribution in [2.75, 3.05) is 24.3 Å². The van der Waals surface area contributed by atoms with Gasteiger partial charge in [0.2, 0.25) is 5.91 Å². The molecule has 1 amide bonds. The molecule has 0 aliphatic heterocycles. The third kappa shape index (κ3) is 5.13. The monoisotopic (exact) mass is 386 g/mol. The highest BCUT2D eigenvalue weighted by Crippen LogP contribution is 2.29. The van der Waals surface area contributed by atoms with E-state index in [1.165, 1.54) is 37.4 Å². The smallest absolute Gasteiger partial charge is 0.416 e. The minimum atomic E-state index is -4.42. The normalized spacial score (nSPS) is 11.0. The van der Waals surface area contributed by atoms with Crippen LogP contribution in [0.4, 0.5) is 24.5 Å². The predicted octanol–water partition coefficient (Wildman–Crippen LogP) is 4.20. The van der Waals surface area contributed by atoms with Gasteiger partial charge in [-0.1, -0.05) is 11.6 Å². The van der Waals surface area contributed by atoms with Gasteiger partial charge in [-0.15, -0.1) is 0 Å². The quantitative estimate of drug-likeness (QED) is 0.756. The molecule has 0 spiro atoms. The molecule has 0 atom stereocenters. The summed E-state index contributed by atoms with van der Waals surface area (Å²) < 4.78 is 42.1. The van der Waals surface area contributed by atoms with Crippen molar-refractivity contribution in [3.05, 3.63) is 58.6 Å². The predicted molar refractivity (Wildman–Crippen MR) is 91.4 cm³/mol. The van der Waals surface area contributed by atoms with Crippen molar-refractivity contribution >= 4 is 34.9 Å². The van der Waals surface area contributed by atoms with Crippen LogP contribution in [0.1, 0.15) is 15.9 Å². The van der Waals surface area contributed by atoms with Gasteiger partial charge >= 0.3 is 12.1 Å². The zero-order valence-electron chi connectivity index (χ0n) is 13.5. The van der Waals surface area contributed by atoms with Gasteiger partial charge in [-0.05, 0) is 42.5 Å². The molecule has 0 unspecified atom stereocenters. The molecule has 0 aromatic heterocycles. The Bertz CT molecular complexity index is 808. The summed E-state index contributed by atoms with van der Waals surface area (Å²) in [7, 11) is 1.23. The highest BCUT2D eigenvalue weighted by molar-refractivity contribution is 6.33. The summed E-state index contributed by atoms with van der Waals surface area (Å²) in [6.07, 6.45) is -4.42. The summed E-state index contributed by atoms with van der Waals surface area (Å²) in [5.41, 5.74) is -0.00171. The number of amides is 1. The average Bonchev–Trinajstić information content (AvgIpc) is 2.60. The van der Waals surface area contributed by atoms with E-state index in [4.69, 9.17) is 11.6 Å². The second kappa shape index (κ2) is 8.09. The molecule has 2 aromatic rings. The second-order valence-electron chi connectivity index (χ2n) is 5.16. The second-order valence-corrected chi connectivity index (χ2v) is 5.57. The molecule has 0 fully saturated rings. The maximum Gasteiger partial charge on any atom is 0.416 e. The number of benzene rings is 2. The van der Waals surface area contributed by atoms with E-state index in [1.54, 1.807) is 0 Å². The number of ether oxygens (including phenoxy) is 1. The lowest BCUT2D eigenvalue weighted by Crippen LogP contribution is -2.22. The maximum absolute atomic E-state index is 12.5. The van der Waals surface area contributed by atoms with Crippen LogP contribution in [0.25, 0.3) is 0 Å². The van der Waals surface area contributed by atoms with E-state index >= 15 is 0 Å². The molecule has 0 aliphatic rings. The molecule has 0 saturated heterocycles. The van der Waals surface area contributed by atoms with Crippen molar-refractivity contribution in [3.63, 3.8) is 0 Å². The Balaban J connectivity index is 1.98. The standard InChI is InChI=1S/C17H14ClF3N2O3/c1-26-16(25)10-2-7-13(18)14(8-10)23-15(24)9-22-12-5-3-11(4-6-12)17(19,20)21/h2-8,22H,9H2,1H3,(H,23,24). The van der Waals surface area contributed by atoms with Crippen LogP contribution < -0.4 is 10.6 Å². The van der Waals surface area contributed by atoms with Crippen molar-refractivity contribution in [1.82, 2.24) is 0 Å². The molecule has 2 rings (SSSR count). The largest absolute Gasteiger partial charge is 0.465 e. The minimum Gasteiger partial charge on any atom is -0.465 e. The molecule has 2 N–H and O–H groups in total. The van der Waals surface area contributed by atoms with Crippen molar-refractivity contribution in [2.45, 2.75) is 6.18 Å². The average molecular weight is 387 g/mol. The number of esters is 1. The lowest BCUT2D eigenvalue weighted by atomic mass is 10.2. The molecule has 26 heavy (non-hydrogen) atoms. The number of hydrogen-bond acceptors (Lipinski definition) is 4. The summed E-state index contributed by atoms with van der Waals surface area (Å²) in [6, 6.07) is 8.52. The lowest BCUT2D eigenvalue weighted by Gasteiger charge is -2.11. The van der Waals surface area contributed by atoms with E-state index in [2.05, 4.69) is 15.4 Å². The summed E-state index contributed by atoms with van der Waals surface area (Å²) in [5, 5.41) is 5.43. The van der Waals surface area contributed by atoms with Crippen LogP contribution in [0, 0.1) is 0 Å². The third-order valence-electron chi connectivity index (χ3n) is 3.33. The molecule has 5 nitrogen and oxygen atoms in total. The van der Waals surface area contributed by atoms with Gasteiger partial charge in [-0.2, -0.15) is 13.2 Å². The number of rotatable bonds is 5. The number of carbonyl (C=O) groups excluding carboxylic acids is 2. The first kappa shape index (κ1) is 19.6. The number of anilines is 2. The van der Waals surface area contributed by atoms with Gasteiger partial charge in [0, 0.05) is 5.69 Å². The molecule has 9 heteroatoms. The molecule has 2 aromatic carbocycles. The fourth-order valence-electron chi connectivity index (χ4n) is 2.02. The first-order valence-corrected chi connectivity index (χ1v) is 7.67. The van der Waals surface area contributed by atoms with Gasteiger partial charge in [0.05, 0.1) is 35.5 Å². The van der Waals surface area contributed by atoms with Crippen molar-refractivity contribution < 1.29 is 27.5 Å². The molecule has 0 radical (unpaired) electrons. The first-order valence-electron chi connectivity index (χ1n) is 7.29. The van der Waals surface area contributed by atoms with Crippen LogP contribution in [-0.2, 0) is 15.7 Å². The number of methoxy groups -OCH3 is 1. The molecule has 0 heterocycles. The van der Waals surface area contributed by atoms with E-state index in [0.717, 1.165) is 12.1 Å². The van der Waals surface area contributed by atoms with Gasteiger partial charge in [0.25, 0.3) is 0 Å². The van der Waals surface area contributed by atoms with Gasteiger partial charge in [0.1, 0.15) is 0 Å². The Hall–Kier alpha value is -2.74. The highest BCUT2D eigenvalue weighted by atomic mass is 35.5. The van der Waals surface area contributed by atoms with E-state index in [0.29, 0.717) is 5.69 Å². The van der Waals surface area contributed by atoms with Crippen molar-refractivity contribution in [1.29, 1.82) is 0 Å². The molecule has 0 aliphatic carbocycles. The maximum atomic E-state index is 12.5. The zero-order chi connectivity index (χ0) is 19.3. The van der Waals surface area contributed by atoms with E-state index < -0.39 is 23.6 Å². The number of alkyl halides is 3. The van der Waals surface area contributed by atoms with Crippen LogP contribution in [0.15, 0.2) is 42.5 Å². The summed E-state index contributed by atoms with van der Waals surface area (Å²) in [5.74, 6) is -1.08. The molecule has 0 saturated carbocycles. The number of nitrogens with one attached hydrogen (secondary N) is 2. The number of halogens is 4. The molecule has 0 bridgehead atoms. The first-order chi connectivity index (χ1) is 12.2. The fraction of sp³-hybridized carbons (Fsp3) is 0.176. The SMILES string of the molecule is COC(=O)c1ccc(Cl)c(NC(=O)CNc2ccc(C(F)(F)F)cc2)c1. The Kier molecular flexibility index (Phi) is 6.10. The zero-order valence-corrected chi connectivity index (χ0v) is 14.2.